The monoisotopic (exact) mass is 461 g/mol. The van der Waals surface area contributed by atoms with Crippen molar-refractivity contribution < 1.29 is 14.3 Å². The van der Waals surface area contributed by atoms with Crippen molar-refractivity contribution >= 4 is 40.7 Å². The molecule has 2 saturated heterocycles. The van der Waals surface area contributed by atoms with Gasteiger partial charge in [-0.05, 0) is 23.8 Å². The second-order valence-electron chi connectivity index (χ2n) is 7.79. The lowest BCUT2D eigenvalue weighted by molar-refractivity contribution is -0.126. The Labute approximate surface area is 192 Å². The minimum absolute atomic E-state index is 0.0571. The maximum atomic E-state index is 13.0. The number of ether oxygens (including phenoxy) is 1. The SMILES string of the molecule is O=C(NCC(c1ccccc1Cl)N1CCOCC1)C1CC(=O)N(c2ccccc2Cl)C1. The first kappa shape index (κ1) is 22.1. The summed E-state index contributed by atoms with van der Waals surface area (Å²) in [5.41, 5.74) is 1.62. The molecule has 0 bridgehead atoms. The van der Waals surface area contributed by atoms with Crippen molar-refractivity contribution in [2.24, 2.45) is 5.92 Å². The van der Waals surface area contributed by atoms with Crippen LogP contribution in [0.25, 0.3) is 0 Å². The van der Waals surface area contributed by atoms with E-state index in [9.17, 15) is 9.59 Å². The summed E-state index contributed by atoms with van der Waals surface area (Å²) in [6.45, 7) is 3.58. The van der Waals surface area contributed by atoms with Crippen molar-refractivity contribution in [2.75, 3.05) is 44.3 Å². The Hall–Kier alpha value is -2.12. The first-order valence-corrected chi connectivity index (χ1v) is 11.2. The van der Waals surface area contributed by atoms with E-state index in [1.165, 1.54) is 0 Å². The lowest BCUT2D eigenvalue weighted by Crippen LogP contribution is -2.45. The summed E-state index contributed by atoms with van der Waals surface area (Å²) in [5, 5.41) is 4.24. The summed E-state index contributed by atoms with van der Waals surface area (Å²) < 4.78 is 5.48. The van der Waals surface area contributed by atoms with Gasteiger partial charge in [0.1, 0.15) is 0 Å². The molecule has 2 fully saturated rings. The van der Waals surface area contributed by atoms with Gasteiger partial charge < -0.3 is 15.0 Å². The number of carbonyl (C=O) groups is 2. The molecule has 0 saturated carbocycles. The van der Waals surface area contributed by atoms with E-state index in [2.05, 4.69) is 10.2 Å². The van der Waals surface area contributed by atoms with Crippen molar-refractivity contribution in [3.8, 4) is 0 Å². The molecule has 2 aliphatic rings. The first-order valence-electron chi connectivity index (χ1n) is 10.4. The average Bonchev–Trinajstić information content (AvgIpc) is 3.17. The van der Waals surface area contributed by atoms with Gasteiger partial charge in [-0.2, -0.15) is 0 Å². The van der Waals surface area contributed by atoms with Crippen molar-refractivity contribution in [1.82, 2.24) is 10.2 Å². The fourth-order valence-electron chi connectivity index (χ4n) is 4.20. The summed E-state index contributed by atoms with van der Waals surface area (Å²) in [4.78, 5) is 29.4. The second-order valence-corrected chi connectivity index (χ2v) is 8.60. The van der Waals surface area contributed by atoms with Crippen LogP contribution in [-0.2, 0) is 14.3 Å². The molecule has 8 heteroatoms. The highest BCUT2D eigenvalue weighted by atomic mass is 35.5. The molecule has 164 valence electrons. The molecular weight excluding hydrogens is 437 g/mol. The molecule has 2 aromatic carbocycles. The van der Waals surface area contributed by atoms with Gasteiger partial charge in [-0.15, -0.1) is 0 Å². The number of hydrogen-bond acceptors (Lipinski definition) is 4. The average molecular weight is 462 g/mol. The Bertz CT molecular complexity index is 949. The fourth-order valence-corrected chi connectivity index (χ4v) is 4.70. The van der Waals surface area contributed by atoms with Crippen molar-refractivity contribution in [3.63, 3.8) is 0 Å². The maximum absolute atomic E-state index is 13.0. The molecule has 0 aromatic heterocycles. The van der Waals surface area contributed by atoms with E-state index in [1.54, 1.807) is 17.0 Å². The maximum Gasteiger partial charge on any atom is 0.227 e. The molecule has 2 unspecified atom stereocenters. The summed E-state index contributed by atoms with van der Waals surface area (Å²) in [5.74, 6) is -0.641. The largest absolute Gasteiger partial charge is 0.379 e. The summed E-state index contributed by atoms with van der Waals surface area (Å²) in [6.07, 6.45) is 0.172. The van der Waals surface area contributed by atoms with Gasteiger partial charge in [0.15, 0.2) is 0 Å². The van der Waals surface area contributed by atoms with Crippen LogP contribution in [0.15, 0.2) is 48.5 Å². The second kappa shape index (κ2) is 10.0. The Morgan fingerprint density at radius 3 is 2.45 bits per heavy atom. The topological polar surface area (TPSA) is 61.9 Å². The van der Waals surface area contributed by atoms with Crippen LogP contribution in [0.5, 0.6) is 0 Å². The zero-order valence-corrected chi connectivity index (χ0v) is 18.6. The van der Waals surface area contributed by atoms with Crippen LogP contribution in [0.3, 0.4) is 0 Å². The number of hydrogen-bond donors (Lipinski definition) is 1. The lowest BCUT2D eigenvalue weighted by Gasteiger charge is -2.35. The number of rotatable bonds is 6. The minimum Gasteiger partial charge on any atom is -0.379 e. The highest BCUT2D eigenvalue weighted by molar-refractivity contribution is 6.34. The molecule has 31 heavy (non-hydrogen) atoms. The number of amides is 2. The van der Waals surface area contributed by atoms with Gasteiger partial charge >= 0.3 is 0 Å². The van der Waals surface area contributed by atoms with Gasteiger partial charge in [0, 0.05) is 37.6 Å². The molecule has 2 amide bonds. The van der Waals surface area contributed by atoms with E-state index in [0.717, 1.165) is 18.7 Å². The summed E-state index contributed by atoms with van der Waals surface area (Å²) in [6, 6.07) is 14.8. The van der Waals surface area contributed by atoms with Gasteiger partial charge in [-0.1, -0.05) is 53.5 Å². The van der Waals surface area contributed by atoms with Crippen molar-refractivity contribution in [3.05, 3.63) is 64.1 Å². The highest BCUT2D eigenvalue weighted by Gasteiger charge is 2.36. The van der Waals surface area contributed by atoms with E-state index < -0.39 is 5.92 Å². The third kappa shape index (κ3) is 5.04. The van der Waals surface area contributed by atoms with Crippen LogP contribution in [0, 0.1) is 5.92 Å². The quantitative estimate of drug-likeness (QED) is 0.714. The van der Waals surface area contributed by atoms with Crippen LogP contribution in [0.1, 0.15) is 18.0 Å². The van der Waals surface area contributed by atoms with Gasteiger partial charge in [-0.25, -0.2) is 0 Å². The van der Waals surface area contributed by atoms with E-state index in [1.807, 2.05) is 36.4 Å². The number of morpholine rings is 1. The van der Waals surface area contributed by atoms with Crippen molar-refractivity contribution in [2.45, 2.75) is 12.5 Å². The summed E-state index contributed by atoms with van der Waals surface area (Å²) >= 11 is 12.7. The van der Waals surface area contributed by atoms with Crippen LogP contribution in [0.4, 0.5) is 5.69 Å². The number of benzene rings is 2. The molecule has 0 radical (unpaired) electrons. The number of nitrogens with one attached hydrogen (secondary N) is 1. The number of halogens is 2. The van der Waals surface area contributed by atoms with Gasteiger partial charge in [-0.3, -0.25) is 14.5 Å². The number of para-hydroxylation sites is 1. The standard InChI is InChI=1S/C23H25Cl2N3O3/c24-18-6-2-1-5-17(18)21(27-9-11-31-12-10-27)14-26-23(30)16-13-22(29)28(15-16)20-8-4-3-7-19(20)25/h1-8,16,21H,9-15H2,(H,26,30). The fraction of sp³-hybridized carbons (Fsp3) is 0.391. The van der Waals surface area contributed by atoms with Crippen LogP contribution in [0.2, 0.25) is 10.0 Å². The zero-order valence-electron chi connectivity index (χ0n) is 17.1. The molecule has 2 aliphatic heterocycles. The van der Waals surface area contributed by atoms with E-state index >= 15 is 0 Å². The number of nitrogens with zero attached hydrogens (tertiary/aromatic N) is 2. The molecule has 0 aliphatic carbocycles. The van der Waals surface area contributed by atoms with Crippen molar-refractivity contribution in [1.29, 1.82) is 0 Å². The number of anilines is 1. The summed E-state index contributed by atoms with van der Waals surface area (Å²) in [7, 11) is 0. The molecule has 4 rings (SSSR count). The van der Waals surface area contributed by atoms with Gasteiger partial charge in [0.25, 0.3) is 0 Å². The van der Waals surface area contributed by atoms with Crippen LogP contribution < -0.4 is 10.2 Å². The molecule has 2 aromatic rings. The van der Waals surface area contributed by atoms with E-state index in [-0.39, 0.29) is 24.3 Å². The molecule has 2 atom stereocenters. The molecule has 2 heterocycles. The van der Waals surface area contributed by atoms with Crippen LogP contribution >= 0.6 is 23.2 Å². The highest BCUT2D eigenvalue weighted by Crippen LogP contribution is 2.32. The Morgan fingerprint density at radius 2 is 1.74 bits per heavy atom. The first-order chi connectivity index (χ1) is 15.0. The van der Waals surface area contributed by atoms with Gasteiger partial charge in [0.2, 0.25) is 11.8 Å². The van der Waals surface area contributed by atoms with E-state index in [4.69, 9.17) is 27.9 Å². The zero-order chi connectivity index (χ0) is 21.8. The third-order valence-electron chi connectivity index (χ3n) is 5.86. The Kier molecular flexibility index (Phi) is 7.13. The smallest absolute Gasteiger partial charge is 0.227 e. The molecule has 1 N–H and O–H groups in total. The molecule has 6 nitrogen and oxygen atoms in total. The predicted molar refractivity (Wildman–Crippen MR) is 122 cm³/mol. The normalized spacial score (nSPS) is 20.6. The minimum atomic E-state index is -0.416. The van der Waals surface area contributed by atoms with E-state index in [0.29, 0.717) is 42.0 Å². The molecule has 0 spiro atoms. The molecular formula is C23H25Cl2N3O3. The van der Waals surface area contributed by atoms with Gasteiger partial charge in [0.05, 0.1) is 35.9 Å². The Morgan fingerprint density at radius 1 is 1.06 bits per heavy atom. The lowest BCUT2D eigenvalue weighted by atomic mass is 10.0. The predicted octanol–water partition coefficient (Wildman–Crippen LogP) is 3.54. The third-order valence-corrected chi connectivity index (χ3v) is 6.52. The number of carbonyl (C=O) groups excluding carboxylic acids is 2. The Balaban J connectivity index is 1.44. The van der Waals surface area contributed by atoms with Crippen LogP contribution in [-0.4, -0.2) is 56.1 Å².